The van der Waals surface area contributed by atoms with Crippen LogP contribution >= 0.6 is 15.9 Å². The van der Waals surface area contributed by atoms with Gasteiger partial charge in [-0.1, -0.05) is 6.92 Å². The summed E-state index contributed by atoms with van der Waals surface area (Å²) in [5.41, 5.74) is 0.0147. The summed E-state index contributed by atoms with van der Waals surface area (Å²) in [6, 6.07) is 4.83. The molecule has 2 rings (SSSR count). The summed E-state index contributed by atoms with van der Waals surface area (Å²) in [6.45, 7) is 6.89. The number of ether oxygens (including phenoxy) is 1. The van der Waals surface area contributed by atoms with Crippen LogP contribution in [-0.4, -0.2) is 34.7 Å². The van der Waals surface area contributed by atoms with E-state index >= 15 is 0 Å². The number of nitrogens with one attached hydrogen (secondary N) is 2. The Balaban J connectivity index is 2.08. The molecule has 0 aliphatic carbocycles. The van der Waals surface area contributed by atoms with Crippen LogP contribution in [0.3, 0.4) is 0 Å². The van der Waals surface area contributed by atoms with Gasteiger partial charge < -0.3 is 10.1 Å². The Morgan fingerprint density at radius 1 is 1.36 bits per heavy atom. The highest BCUT2D eigenvalue weighted by Crippen LogP contribution is 2.29. The van der Waals surface area contributed by atoms with E-state index < -0.39 is 10.0 Å². The first kappa shape index (κ1) is 17.7. The van der Waals surface area contributed by atoms with Crippen molar-refractivity contribution in [2.45, 2.75) is 31.6 Å². The van der Waals surface area contributed by atoms with Gasteiger partial charge in [0.15, 0.2) is 0 Å². The summed E-state index contributed by atoms with van der Waals surface area (Å²) in [4.78, 5) is 0.250. The summed E-state index contributed by atoms with van der Waals surface area (Å²) in [5, 5.41) is 3.30. The van der Waals surface area contributed by atoms with Crippen molar-refractivity contribution in [3.05, 3.63) is 22.7 Å². The first-order valence-corrected chi connectivity index (χ1v) is 9.77. The Kier molecular flexibility index (Phi) is 5.87. The van der Waals surface area contributed by atoms with Crippen molar-refractivity contribution in [1.82, 2.24) is 10.0 Å². The molecule has 5 nitrogen and oxygen atoms in total. The minimum absolute atomic E-state index is 0.0147. The van der Waals surface area contributed by atoms with E-state index in [-0.39, 0.29) is 10.3 Å². The highest BCUT2D eigenvalue weighted by atomic mass is 79.9. The second-order valence-corrected chi connectivity index (χ2v) is 8.53. The minimum atomic E-state index is -3.51. The van der Waals surface area contributed by atoms with E-state index in [4.69, 9.17) is 4.74 Å². The third kappa shape index (κ3) is 4.44. The average Bonchev–Trinajstić information content (AvgIpc) is 2.48. The molecule has 1 heterocycles. The lowest BCUT2D eigenvalue weighted by Gasteiger charge is -2.34. The molecule has 0 unspecified atom stereocenters. The topological polar surface area (TPSA) is 67.4 Å². The predicted octanol–water partition coefficient (Wildman–Crippen LogP) is 2.52. The quantitative estimate of drug-likeness (QED) is 0.782. The maximum atomic E-state index is 12.5. The molecule has 1 fully saturated rings. The maximum absolute atomic E-state index is 12.5. The van der Waals surface area contributed by atoms with Gasteiger partial charge in [0, 0.05) is 6.54 Å². The van der Waals surface area contributed by atoms with Gasteiger partial charge in [0.25, 0.3) is 0 Å². The van der Waals surface area contributed by atoms with Gasteiger partial charge in [-0.2, -0.15) is 0 Å². The lowest BCUT2D eigenvalue weighted by atomic mass is 9.81. The number of benzene rings is 1. The Morgan fingerprint density at radius 3 is 2.64 bits per heavy atom. The first-order chi connectivity index (χ1) is 10.4. The third-order valence-electron chi connectivity index (χ3n) is 4.01. The Morgan fingerprint density at radius 2 is 2.05 bits per heavy atom. The fourth-order valence-corrected chi connectivity index (χ4v) is 4.35. The van der Waals surface area contributed by atoms with Crippen LogP contribution in [0.5, 0.6) is 5.75 Å². The molecule has 1 saturated heterocycles. The van der Waals surface area contributed by atoms with Gasteiger partial charge in [-0.05, 0) is 72.4 Å². The fraction of sp³-hybridized carbons (Fsp3) is 0.600. The summed E-state index contributed by atoms with van der Waals surface area (Å²) in [7, 11) is -3.51. The van der Waals surface area contributed by atoms with Gasteiger partial charge in [0.1, 0.15) is 5.75 Å². The summed E-state index contributed by atoms with van der Waals surface area (Å²) in [6.07, 6.45) is 1.95. The molecule has 0 aromatic heterocycles. The second-order valence-electron chi connectivity index (χ2n) is 5.91. The van der Waals surface area contributed by atoms with Crippen LogP contribution in [0.1, 0.15) is 26.7 Å². The third-order valence-corrected chi connectivity index (χ3v) is 6.03. The minimum Gasteiger partial charge on any atom is -0.493 e. The Labute approximate surface area is 141 Å². The molecule has 22 heavy (non-hydrogen) atoms. The largest absolute Gasteiger partial charge is 0.493 e. The SMILES string of the molecule is CCOc1ccc(S(=O)(=O)NCC2(C)CCNCC2)cc1Br. The molecule has 0 saturated carbocycles. The van der Waals surface area contributed by atoms with Gasteiger partial charge in [-0.25, -0.2) is 13.1 Å². The van der Waals surface area contributed by atoms with Gasteiger partial charge in [-0.15, -0.1) is 0 Å². The van der Waals surface area contributed by atoms with Crippen molar-refractivity contribution in [2.75, 3.05) is 26.2 Å². The van der Waals surface area contributed by atoms with Crippen LogP contribution in [0.25, 0.3) is 0 Å². The fourth-order valence-electron chi connectivity index (χ4n) is 2.48. The molecule has 0 amide bonds. The zero-order chi connectivity index (χ0) is 16.2. The van der Waals surface area contributed by atoms with Crippen LogP contribution < -0.4 is 14.8 Å². The highest BCUT2D eigenvalue weighted by Gasteiger charge is 2.28. The summed E-state index contributed by atoms with van der Waals surface area (Å²) in [5.74, 6) is 0.645. The average molecular weight is 391 g/mol. The van der Waals surface area contributed by atoms with Crippen LogP contribution in [0, 0.1) is 5.41 Å². The van der Waals surface area contributed by atoms with Crippen LogP contribution in [-0.2, 0) is 10.0 Å². The lowest BCUT2D eigenvalue weighted by molar-refractivity contribution is 0.232. The van der Waals surface area contributed by atoms with Crippen molar-refractivity contribution >= 4 is 26.0 Å². The van der Waals surface area contributed by atoms with Crippen molar-refractivity contribution in [3.63, 3.8) is 0 Å². The van der Waals surface area contributed by atoms with Crippen LogP contribution in [0.2, 0.25) is 0 Å². The molecule has 0 spiro atoms. The van der Waals surface area contributed by atoms with E-state index in [1.165, 1.54) is 0 Å². The molecule has 7 heteroatoms. The number of halogens is 1. The van der Waals surface area contributed by atoms with Crippen molar-refractivity contribution in [2.24, 2.45) is 5.41 Å². The first-order valence-electron chi connectivity index (χ1n) is 7.49. The number of piperidine rings is 1. The van der Waals surface area contributed by atoms with E-state index in [2.05, 4.69) is 32.9 Å². The van der Waals surface area contributed by atoms with E-state index in [9.17, 15) is 8.42 Å². The standard InChI is InChI=1S/C15H23BrN2O3S/c1-3-21-14-5-4-12(10-13(14)16)22(19,20)18-11-15(2)6-8-17-9-7-15/h4-5,10,17-18H,3,6-9,11H2,1-2H3. The van der Waals surface area contributed by atoms with Crippen molar-refractivity contribution in [3.8, 4) is 5.75 Å². The number of sulfonamides is 1. The molecule has 2 N–H and O–H groups in total. The number of hydrogen-bond donors (Lipinski definition) is 2. The highest BCUT2D eigenvalue weighted by molar-refractivity contribution is 9.10. The number of hydrogen-bond acceptors (Lipinski definition) is 4. The van der Waals surface area contributed by atoms with E-state index in [1.807, 2.05) is 6.92 Å². The molecule has 1 aromatic carbocycles. The summed E-state index contributed by atoms with van der Waals surface area (Å²) >= 11 is 3.35. The van der Waals surface area contributed by atoms with Crippen LogP contribution in [0.4, 0.5) is 0 Å². The number of rotatable bonds is 6. The molecule has 0 radical (unpaired) electrons. The molecule has 1 aliphatic heterocycles. The molecule has 1 aromatic rings. The van der Waals surface area contributed by atoms with E-state index in [0.717, 1.165) is 25.9 Å². The maximum Gasteiger partial charge on any atom is 0.240 e. The zero-order valence-corrected chi connectivity index (χ0v) is 15.4. The molecule has 1 aliphatic rings. The monoisotopic (exact) mass is 390 g/mol. The molecular formula is C15H23BrN2O3S. The zero-order valence-electron chi connectivity index (χ0n) is 13.0. The van der Waals surface area contributed by atoms with Gasteiger partial charge in [-0.3, -0.25) is 0 Å². The second kappa shape index (κ2) is 7.29. The molecule has 124 valence electrons. The Bertz CT molecular complexity index is 613. The van der Waals surface area contributed by atoms with E-state index in [0.29, 0.717) is 23.4 Å². The Hall–Kier alpha value is -0.630. The normalized spacial score (nSPS) is 18.1. The molecule has 0 atom stereocenters. The van der Waals surface area contributed by atoms with Crippen molar-refractivity contribution in [1.29, 1.82) is 0 Å². The molecule has 0 bridgehead atoms. The predicted molar refractivity (Wildman–Crippen MR) is 90.7 cm³/mol. The van der Waals surface area contributed by atoms with Crippen LogP contribution in [0.15, 0.2) is 27.6 Å². The van der Waals surface area contributed by atoms with Gasteiger partial charge >= 0.3 is 0 Å². The smallest absolute Gasteiger partial charge is 0.240 e. The van der Waals surface area contributed by atoms with Gasteiger partial charge in [0.05, 0.1) is 16.0 Å². The van der Waals surface area contributed by atoms with Crippen molar-refractivity contribution < 1.29 is 13.2 Å². The summed E-state index contributed by atoms with van der Waals surface area (Å²) < 4.78 is 33.7. The lowest BCUT2D eigenvalue weighted by Crippen LogP contribution is -2.42. The molecular weight excluding hydrogens is 368 g/mol. The van der Waals surface area contributed by atoms with Gasteiger partial charge in [0.2, 0.25) is 10.0 Å². The van der Waals surface area contributed by atoms with E-state index in [1.54, 1.807) is 18.2 Å².